The predicted molar refractivity (Wildman–Crippen MR) is 101 cm³/mol. The standard InChI is InChI=1S/C21H18N2O4/c24-20(13-27-19-7-3-5-15-12-22-11-10-16(15)19)23-17-6-2-1-4-14(17)8-9-18(23)21(25)26/h1-7,10-12,18H,8-9,13H2,(H,25,26). The van der Waals surface area contributed by atoms with Crippen LogP contribution in [-0.2, 0) is 16.0 Å². The van der Waals surface area contributed by atoms with Crippen LogP contribution in [0.1, 0.15) is 12.0 Å². The summed E-state index contributed by atoms with van der Waals surface area (Å²) in [6.07, 6.45) is 4.41. The third kappa shape index (κ3) is 3.21. The molecular formula is C21H18N2O4. The molecule has 0 spiro atoms. The molecule has 1 amide bonds. The summed E-state index contributed by atoms with van der Waals surface area (Å²) < 4.78 is 5.77. The van der Waals surface area contributed by atoms with Crippen LogP contribution < -0.4 is 9.64 Å². The number of fused-ring (bicyclic) bond motifs is 2. The van der Waals surface area contributed by atoms with Crippen LogP contribution in [0.25, 0.3) is 10.8 Å². The number of nitrogens with zero attached hydrogens (tertiary/aromatic N) is 2. The Balaban J connectivity index is 1.60. The van der Waals surface area contributed by atoms with Gasteiger partial charge in [0.15, 0.2) is 6.61 Å². The number of carbonyl (C=O) groups is 2. The van der Waals surface area contributed by atoms with Crippen LogP contribution in [-0.4, -0.2) is 34.6 Å². The maximum absolute atomic E-state index is 12.9. The first-order valence-electron chi connectivity index (χ1n) is 8.73. The lowest BCUT2D eigenvalue weighted by atomic mass is 9.95. The van der Waals surface area contributed by atoms with Gasteiger partial charge < -0.3 is 9.84 Å². The van der Waals surface area contributed by atoms with Crippen molar-refractivity contribution in [3.05, 3.63) is 66.5 Å². The third-order valence-electron chi connectivity index (χ3n) is 4.80. The minimum Gasteiger partial charge on any atom is -0.483 e. The number of aromatic nitrogens is 1. The summed E-state index contributed by atoms with van der Waals surface area (Å²) in [5.41, 5.74) is 1.62. The summed E-state index contributed by atoms with van der Waals surface area (Å²) in [4.78, 5) is 30.0. The van der Waals surface area contributed by atoms with Gasteiger partial charge in [0.05, 0.1) is 0 Å². The first-order valence-corrected chi connectivity index (χ1v) is 8.73. The number of carboxylic acids is 1. The number of pyridine rings is 1. The van der Waals surface area contributed by atoms with Gasteiger partial charge in [0, 0.05) is 28.9 Å². The van der Waals surface area contributed by atoms with Crippen molar-refractivity contribution in [3.8, 4) is 5.75 Å². The second-order valence-corrected chi connectivity index (χ2v) is 6.43. The van der Waals surface area contributed by atoms with Crippen molar-refractivity contribution < 1.29 is 19.4 Å². The first kappa shape index (κ1) is 17.0. The van der Waals surface area contributed by atoms with Gasteiger partial charge in [-0.15, -0.1) is 0 Å². The van der Waals surface area contributed by atoms with E-state index in [2.05, 4.69) is 4.98 Å². The zero-order valence-corrected chi connectivity index (χ0v) is 14.5. The van der Waals surface area contributed by atoms with Crippen molar-refractivity contribution in [2.24, 2.45) is 0 Å². The average Bonchev–Trinajstić information content (AvgIpc) is 2.71. The predicted octanol–water partition coefficient (Wildman–Crippen LogP) is 3.05. The number of ether oxygens (including phenoxy) is 1. The zero-order valence-electron chi connectivity index (χ0n) is 14.5. The molecule has 1 aliphatic heterocycles. The molecule has 0 saturated heterocycles. The van der Waals surface area contributed by atoms with Gasteiger partial charge in [0.2, 0.25) is 0 Å². The minimum absolute atomic E-state index is 0.237. The van der Waals surface area contributed by atoms with Crippen LogP contribution in [0.2, 0.25) is 0 Å². The molecule has 0 fully saturated rings. The number of aliphatic carboxylic acids is 1. The summed E-state index contributed by atoms with van der Waals surface area (Å²) in [6.45, 7) is -0.237. The molecule has 3 aromatic rings. The molecule has 27 heavy (non-hydrogen) atoms. The molecule has 6 nitrogen and oxygen atoms in total. The lowest BCUT2D eigenvalue weighted by molar-refractivity contribution is -0.140. The van der Waals surface area contributed by atoms with Gasteiger partial charge in [-0.3, -0.25) is 14.7 Å². The van der Waals surface area contributed by atoms with Gasteiger partial charge in [0.1, 0.15) is 11.8 Å². The molecule has 2 aromatic carbocycles. The number of hydrogen-bond acceptors (Lipinski definition) is 4. The fraction of sp³-hybridized carbons (Fsp3) is 0.190. The van der Waals surface area contributed by atoms with E-state index in [1.54, 1.807) is 24.5 Å². The lowest BCUT2D eigenvalue weighted by Gasteiger charge is -2.34. The van der Waals surface area contributed by atoms with Crippen molar-refractivity contribution in [1.29, 1.82) is 0 Å². The molecule has 1 aromatic heterocycles. The van der Waals surface area contributed by atoms with Gasteiger partial charge in [0.25, 0.3) is 5.91 Å². The van der Waals surface area contributed by atoms with E-state index in [4.69, 9.17) is 4.74 Å². The molecule has 1 atom stereocenters. The molecule has 0 bridgehead atoms. The largest absolute Gasteiger partial charge is 0.483 e. The normalized spacial score (nSPS) is 16.0. The molecule has 2 heterocycles. The van der Waals surface area contributed by atoms with Crippen LogP contribution >= 0.6 is 0 Å². The molecule has 136 valence electrons. The number of aryl methyl sites for hydroxylation is 1. The fourth-order valence-electron chi connectivity index (χ4n) is 3.52. The van der Waals surface area contributed by atoms with Gasteiger partial charge in [-0.1, -0.05) is 30.3 Å². The SMILES string of the molecule is O=C(O)C1CCc2ccccc2N1C(=O)COc1cccc2cnccc12. The minimum atomic E-state index is -1.01. The number of para-hydroxylation sites is 1. The summed E-state index contributed by atoms with van der Waals surface area (Å²) in [5, 5.41) is 11.3. The molecule has 0 saturated carbocycles. The van der Waals surface area contributed by atoms with Gasteiger partial charge in [-0.05, 0) is 36.6 Å². The molecule has 6 heteroatoms. The Morgan fingerprint density at radius 1 is 1.15 bits per heavy atom. The van der Waals surface area contributed by atoms with E-state index in [0.29, 0.717) is 24.3 Å². The summed E-state index contributed by atoms with van der Waals surface area (Å²) >= 11 is 0. The average molecular weight is 362 g/mol. The van der Waals surface area contributed by atoms with E-state index >= 15 is 0 Å². The highest BCUT2D eigenvalue weighted by atomic mass is 16.5. The zero-order chi connectivity index (χ0) is 18.8. The molecule has 1 unspecified atom stereocenters. The number of anilines is 1. The lowest BCUT2D eigenvalue weighted by Crippen LogP contribution is -2.49. The van der Waals surface area contributed by atoms with Crippen molar-refractivity contribution in [2.45, 2.75) is 18.9 Å². The summed E-state index contributed by atoms with van der Waals surface area (Å²) in [6, 6.07) is 13.9. The first-order chi connectivity index (χ1) is 13.1. The van der Waals surface area contributed by atoms with E-state index in [-0.39, 0.29) is 12.5 Å². The van der Waals surface area contributed by atoms with Gasteiger partial charge >= 0.3 is 5.97 Å². The molecular weight excluding hydrogens is 344 g/mol. The van der Waals surface area contributed by atoms with Crippen LogP contribution in [0.4, 0.5) is 5.69 Å². The molecule has 0 radical (unpaired) electrons. The highest BCUT2D eigenvalue weighted by Crippen LogP contribution is 2.31. The quantitative estimate of drug-likeness (QED) is 0.772. The topological polar surface area (TPSA) is 79.7 Å². The van der Waals surface area contributed by atoms with E-state index in [9.17, 15) is 14.7 Å². The monoisotopic (exact) mass is 362 g/mol. The molecule has 1 aliphatic rings. The highest BCUT2D eigenvalue weighted by Gasteiger charge is 2.35. The number of hydrogen-bond donors (Lipinski definition) is 1. The smallest absolute Gasteiger partial charge is 0.326 e. The number of carboxylic acid groups (broad SMARTS) is 1. The molecule has 4 rings (SSSR count). The fourth-order valence-corrected chi connectivity index (χ4v) is 3.52. The van der Waals surface area contributed by atoms with Crippen molar-refractivity contribution in [3.63, 3.8) is 0 Å². The number of amides is 1. The third-order valence-corrected chi connectivity index (χ3v) is 4.80. The van der Waals surface area contributed by atoms with Crippen molar-refractivity contribution in [2.75, 3.05) is 11.5 Å². The Kier molecular flexibility index (Phi) is 4.46. The van der Waals surface area contributed by atoms with Crippen molar-refractivity contribution in [1.82, 2.24) is 4.98 Å². The summed E-state index contributed by atoms with van der Waals surface area (Å²) in [7, 11) is 0. The van der Waals surface area contributed by atoms with Gasteiger partial charge in [-0.2, -0.15) is 0 Å². The van der Waals surface area contributed by atoms with Crippen LogP contribution in [0, 0.1) is 0 Å². The maximum Gasteiger partial charge on any atom is 0.326 e. The van der Waals surface area contributed by atoms with E-state index in [0.717, 1.165) is 16.3 Å². The Labute approximate surface area is 156 Å². The molecule has 1 N–H and O–H groups in total. The Morgan fingerprint density at radius 2 is 2.00 bits per heavy atom. The van der Waals surface area contributed by atoms with Gasteiger partial charge in [-0.25, -0.2) is 4.79 Å². The van der Waals surface area contributed by atoms with E-state index in [1.165, 1.54) is 4.90 Å². The van der Waals surface area contributed by atoms with Crippen LogP contribution in [0.3, 0.4) is 0 Å². The Bertz CT molecular complexity index is 1010. The van der Waals surface area contributed by atoms with Crippen LogP contribution in [0.15, 0.2) is 60.9 Å². The maximum atomic E-state index is 12.9. The number of benzene rings is 2. The van der Waals surface area contributed by atoms with Crippen molar-refractivity contribution >= 4 is 28.3 Å². The Morgan fingerprint density at radius 3 is 2.85 bits per heavy atom. The Hall–Kier alpha value is -3.41. The van der Waals surface area contributed by atoms with Crippen LogP contribution in [0.5, 0.6) is 5.75 Å². The summed E-state index contributed by atoms with van der Waals surface area (Å²) in [5.74, 6) is -0.810. The van der Waals surface area contributed by atoms with E-state index < -0.39 is 12.0 Å². The second kappa shape index (κ2) is 7.07. The number of rotatable bonds is 4. The van der Waals surface area contributed by atoms with E-state index in [1.807, 2.05) is 36.4 Å². The second-order valence-electron chi connectivity index (χ2n) is 6.43. The number of carbonyl (C=O) groups excluding carboxylic acids is 1. The highest BCUT2D eigenvalue weighted by molar-refractivity contribution is 6.01. The molecule has 0 aliphatic carbocycles.